The van der Waals surface area contributed by atoms with Crippen LogP contribution in [-0.2, 0) is 17.6 Å². The minimum Gasteiger partial charge on any atom is -0.313 e. The number of carbonyl (C=O) groups is 3. The van der Waals surface area contributed by atoms with Crippen molar-refractivity contribution in [3.8, 4) is 0 Å². The predicted molar refractivity (Wildman–Crippen MR) is 125 cm³/mol. The Hall–Kier alpha value is -3.52. The van der Waals surface area contributed by atoms with Crippen molar-refractivity contribution in [1.82, 2.24) is 9.88 Å². The summed E-state index contributed by atoms with van der Waals surface area (Å²) in [4.78, 5) is 48.4. The number of amides is 3. The number of carbonyl (C=O) groups excluding carboxylic acids is 3. The summed E-state index contributed by atoms with van der Waals surface area (Å²) in [6, 6.07) is 14.7. The van der Waals surface area contributed by atoms with Gasteiger partial charge in [0.05, 0.1) is 16.9 Å². The van der Waals surface area contributed by atoms with Crippen molar-refractivity contribution < 1.29 is 14.4 Å². The van der Waals surface area contributed by atoms with Gasteiger partial charge in [-0.3, -0.25) is 19.3 Å². The van der Waals surface area contributed by atoms with Crippen molar-refractivity contribution in [2.24, 2.45) is 0 Å². The molecule has 3 aromatic rings. The quantitative estimate of drug-likeness (QED) is 0.622. The van der Waals surface area contributed by atoms with Crippen LogP contribution in [0.1, 0.15) is 62.3 Å². The molecule has 1 aromatic heterocycles. The van der Waals surface area contributed by atoms with E-state index in [1.807, 2.05) is 36.4 Å². The van der Waals surface area contributed by atoms with Crippen LogP contribution in [0.5, 0.6) is 0 Å². The van der Waals surface area contributed by atoms with E-state index in [1.165, 1.54) is 4.88 Å². The van der Waals surface area contributed by atoms with Crippen molar-refractivity contribution >= 4 is 39.9 Å². The van der Waals surface area contributed by atoms with E-state index in [9.17, 15) is 14.4 Å². The van der Waals surface area contributed by atoms with Gasteiger partial charge < -0.3 is 10.2 Å². The van der Waals surface area contributed by atoms with E-state index in [-0.39, 0.29) is 24.1 Å². The first kappa shape index (κ1) is 20.1. The number of hydrogen-bond donors (Lipinski definition) is 1. The lowest BCUT2D eigenvalue weighted by molar-refractivity contribution is -0.116. The number of anilines is 2. The maximum atomic E-state index is 13.4. The minimum absolute atomic E-state index is 0.102. The van der Waals surface area contributed by atoms with E-state index in [4.69, 9.17) is 0 Å². The van der Waals surface area contributed by atoms with Gasteiger partial charge >= 0.3 is 0 Å². The summed E-state index contributed by atoms with van der Waals surface area (Å²) < 4.78 is 0. The molecule has 8 heteroatoms. The molecule has 6 rings (SSSR count). The van der Waals surface area contributed by atoms with Gasteiger partial charge in [-0.1, -0.05) is 30.3 Å². The Bertz CT molecular complexity index is 1280. The van der Waals surface area contributed by atoms with Gasteiger partial charge in [0.25, 0.3) is 11.8 Å². The van der Waals surface area contributed by atoms with Crippen molar-refractivity contribution in [2.75, 3.05) is 16.8 Å². The predicted octanol–water partition coefficient (Wildman–Crippen LogP) is 4.17. The summed E-state index contributed by atoms with van der Waals surface area (Å²) in [5, 5.41) is 3.57. The molecule has 0 bridgehead atoms. The number of hydrogen-bond acceptors (Lipinski definition) is 5. The highest BCUT2D eigenvalue weighted by Gasteiger charge is 2.47. The zero-order chi connectivity index (χ0) is 22.5. The number of benzene rings is 2. The first-order valence-electron chi connectivity index (χ1n) is 11.2. The van der Waals surface area contributed by atoms with Crippen LogP contribution in [0.2, 0.25) is 0 Å². The molecule has 0 saturated heterocycles. The standard InChI is InChI=1S/C25H22N4O3S/c30-21(27-25-26-18-10-5-12-20(18)33-25)13-6-14-28-22-15-7-1-2-8-16(15)24(32)29(22)19-11-4-3-9-17(19)23(28)31/h1-4,7-9,11,22H,5-6,10,12-14H2,(H,26,27,30)/t22-/m0/s1. The summed E-state index contributed by atoms with van der Waals surface area (Å²) in [5.74, 6) is -0.324. The van der Waals surface area contributed by atoms with E-state index in [0.717, 1.165) is 30.5 Å². The summed E-state index contributed by atoms with van der Waals surface area (Å²) in [5.41, 5.74) is 3.70. The average Bonchev–Trinajstić information content (AvgIpc) is 3.49. The van der Waals surface area contributed by atoms with Crippen LogP contribution in [0.3, 0.4) is 0 Å². The fourth-order valence-corrected chi connectivity index (χ4v) is 6.10. The topological polar surface area (TPSA) is 82.6 Å². The molecule has 3 heterocycles. The molecule has 2 aromatic carbocycles. The summed E-state index contributed by atoms with van der Waals surface area (Å²) >= 11 is 1.56. The number of aromatic nitrogens is 1. The third-order valence-corrected chi connectivity index (χ3v) is 7.60. The molecule has 166 valence electrons. The Morgan fingerprint density at radius 3 is 2.67 bits per heavy atom. The number of nitrogens with one attached hydrogen (secondary N) is 1. The fourth-order valence-electron chi connectivity index (χ4n) is 5.04. The molecule has 0 saturated carbocycles. The number of fused-ring (bicyclic) bond motifs is 6. The zero-order valence-corrected chi connectivity index (χ0v) is 18.7. The van der Waals surface area contributed by atoms with Gasteiger partial charge in [0.15, 0.2) is 5.13 Å². The monoisotopic (exact) mass is 458 g/mol. The molecule has 7 nitrogen and oxygen atoms in total. The molecule has 0 unspecified atom stereocenters. The summed E-state index contributed by atoms with van der Waals surface area (Å²) in [6.45, 7) is 0.373. The minimum atomic E-state index is -0.485. The van der Waals surface area contributed by atoms with Crippen LogP contribution in [0.15, 0.2) is 48.5 Å². The highest BCUT2D eigenvalue weighted by molar-refractivity contribution is 7.15. The van der Waals surface area contributed by atoms with Crippen LogP contribution in [0.4, 0.5) is 10.8 Å². The fraction of sp³-hybridized carbons (Fsp3) is 0.280. The third kappa shape index (κ3) is 3.24. The molecule has 33 heavy (non-hydrogen) atoms. The van der Waals surface area contributed by atoms with E-state index in [1.54, 1.807) is 33.3 Å². The third-order valence-electron chi connectivity index (χ3n) is 6.53. The second kappa shape index (κ2) is 7.81. The Labute approximate surface area is 195 Å². The molecule has 1 aliphatic carbocycles. The molecule has 1 N–H and O–H groups in total. The normalized spacial score (nSPS) is 18.1. The summed E-state index contributed by atoms with van der Waals surface area (Å²) in [7, 11) is 0. The number of para-hydroxylation sites is 1. The van der Waals surface area contributed by atoms with Gasteiger partial charge in [0, 0.05) is 29.0 Å². The smallest absolute Gasteiger partial charge is 0.260 e. The van der Waals surface area contributed by atoms with Crippen molar-refractivity contribution in [3.05, 3.63) is 75.8 Å². The molecule has 1 atom stereocenters. The first-order chi connectivity index (χ1) is 16.1. The highest BCUT2D eigenvalue weighted by atomic mass is 32.1. The zero-order valence-electron chi connectivity index (χ0n) is 17.9. The average molecular weight is 459 g/mol. The molecule has 0 fully saturated rings. The number of aryl methyl sites for hydroxylation is 2. The summed E-state index contributed by atoms with van der Waals surface area (Å²) in [6.07, 6.45) is 3.45. The second-order valence-electron chi connectivity index (χ2n) is 8.55. The van der Waals surface area contributed by atoms with E-state index >= 15 is 0 Å². The molecule has 0 radical (unpaired) electrons. The molecule has 3 amide bonds. The molecular weight excluding hydrogens is 436 g/mol. The Balaban J connectivity index is 1.21. The van der Waals surface area contributed by atoms with Gasteiger partial charge in [-0.2, -0.15) is 0 Å². The Morgan fingerprint density at radius 1 is 1.03 bits per heavy atom. The molecular formula is C25H22N4O3S. The lowest BCUT2D eigenvalue weighted by Crippen LogP contribution is -2.48. The highest BCUT2D eigenvalue weighted by Crippen LogP contribution is 2.45. The van der Waals surface area contributed by atoms with Crippen molar-refractivity contribution in [3.63, 3.8) is 0 Å². The maximum Gasteiger partial charge on any atom is 0.260 e. The van der Waals surface area contributed by atoms with E-state index in [2.05, 4.69) is 10.3 Å². The Kier molecular flexibility index (Phi) is 4.76. The first-order valence-corrected chi connectivity index (χ1v) is 12.0. The van der Waals surface area contributed by atoms with E-state index in [0.29, 0.717) is 34.9 Å². The van der Waals surface area contributed by atoms with Gasteiger partial charge in [0.1, 0.15) is 6.17 Å². The largest absolute Gasteiger partial charge is 0.313 e. The van der Waals surface area contributed by atoms with Crippen molar-refractivity contribution in [1.29, 1.82) is 0 Å². The van der Waals surface area contributed by atoms with Gasteiger partial charge in [-0.05, 0) is 43.9 Å². The maximum absolute atomic E-state index is 13.4. The van der Waals surface area contributed by atoms with Gasteiger partial charge in [-0.15, -0.1) is 11.3 Å². The molecule has 0 spiro atoms. The number of nitrogens with zero attached hydrogens (tertiary/aromatic N) is 3. The lowest BCUT2D eigenvalue weighted by atomic mass is 10.0. The van der Waals surface area contributed by atoms with Crippen LogP contribution in [0, 0.1) is 0 Å². The molecule has 2 aliphatic heterocycles. The number of rotatable bonds is 5. The lowest BCUT2D eigenvalue weighted by Gasteiger charge is -2.41. The van der Waals surface area contributed by atoms with Crippen LogP contribution in [0.25, 0.3) is 0 Å². The van der Waals surface area contributed by atoms with Crippen LogP contribution in [-0.4, -0.2) is 34.2 Å². The SMILES string of the molecule is O=C(CCCN1C(=O)c2ccccc2N2C(=O)c3ccccc3[C@@H]12)Nc1nc2c(s1)CCC2. The van der Waals surface area contributed by atoms with E-state index < -0.39 is 6.17 Å². The molecule has 3 aliphatic rings. The van der Waals surface area contributed by atoms with Crippen molar-refractivity contribution in [2.45, 2.75) is 38.3 Å². The Morgan fingerprint density at radius 2 is 1.82 bits per heavy atom. The number of thiazole rings is 1. The van der Waals surface area contributed by atoms with Crippen LogP contribution < -0.4 is 10.2 Å². The van der Waals surface area contributed by atoms with Gasteiger partial charge in [0.2, 0.25) is 5.91 Å². The van der Waals surface area contributed by atoms with Crippen LogP contribution >= 0.6 is 11.3 Å². The second-order valence-corrected chi connectivity index (χ2v) is 9.63. The van der Waals surface area contributed by atoms with Gasteiger partial charge in [-0.25, -0.2) is 4.98 Å².